The molecule has 0 saturated heterocycles. The Morgan fingerprint density at radius 1 is 1.40 bits per heavy atom. The summed E-state index contributed by atoms with van der Waals surface area (Å²) < 4.78 is 5.10. The monoisotopic (exact) mass is 295 g/mol. The largest absolute Gasteiger partial charge is 0.444 e. The summed E-state index contributed by atoms with van der Waals surface area (Å²) in [6.45, 7) is 6.25. The molecule has 20 heavy (non-hydrogen) atoms. The number of anilines is 1. The van der Waals surface area contributed by atoms with Crippen LogP contribution in [0.15, 0.2) is 18.2 Å². The van der Waals surface area contributed by atoms with E-state index in [2.05, 4.69) is 16.7 Å². The summed E-state index contributed by atoms with van der Waals surface area (Å²) in [4.78, 5) is 11.4. The summed E-state index contributed by atoms with van der Waals surface area (Å²) >= 11 is 5.87. The summed E-state index contributed by atoms with van der Waals surface area (Å²) in [6.07, 6.45) is -0.467. The minimum Gasteiger partial charge on any atom is -0.444 e. The fourth-order valence-electron chi connectivity index (χ4n) is 1.44. The maximum Gasteiger partial charge on any atom is 0.407 e. The van der Waals surface area contributed by atoms with Gasteiger partial charge in [-0.25, -0.2) is 4.79 Å². The normalized spacial score (nSPS) is 10.6. The summed E-state index contributed by atoms with van der Waals surface area (Å²) in [7, 11) is 0. The zero-order chi connectivity index (χ0) is 15.2. The summed E-state index contributed by atoms with van der Waals surface area (Å²) in [5.74, 6) is 0. The number of carbonyl (C=O) groups is 1. The first kappa shape index (κ1) is 16.1. The van der Waals surface area contributed by atoms with E-state index in [9.17, 15) is 4.79 Å². The van der Waals surface area contributed by atoms with Gasteiger partial charge in [0.05, 0.1) is 11.3 Å². The number of halogens is 1. The van der Waals surface area contributed by atoms with Gasteiger partial charge in [0.2, 0.25) is 0 Å². The molecule has 0 fully saturated rings. The zero-order valence-corrected chi connectivity index (χ0v) is 12.5. The number of benzene rings is 1. The second-order valence-electron chi connectivity index (χ2n) is 5.16. The van der Waals surface area contributed by atoms with Crippen LogP contribution in [-0.4, -0.2) is 24.8 Å². The topological polar surface area (TPSA) is 74.2 Å². The van der Waals surface area contributed by atoms with Crippen molar-refractivity contribution in [1.29, 1.82) is 5.26 Å². The van der Waals surface area contributed by atoms with Gasteiger partial charge in [-0.1, -0.05) is 11.6 Å². The molecule has 6 heteroatoms. The summed E-state index contributed by atoms with van der Waals surface area (Å²) in [5.41, 5.74) is 0.635. The van der Waals surface area contributed by atoms with Crippen molar-refractivity contribution in [1.82, 2.24) is 5.32 Å². The van der Waals surface area contributed by atoms with Gasteiger partial charge in [-0.3, -0.25) is 0 Å². The number of alkyl carbamates (subject to hydrolysis) is 1. The molecule has 0 aliphatic carbocycles. The molecule has 0 bridgehead atoms. The lowest BCUT2D eigenvalue weighted by molar-refractivity contribution is 0.0530. The zero-order valence-electron chi connectivity index (χ0n) is 11.8. The number of nitriles is 1. The molecule has 0 aliphatic rings. The molecular weight excluding hydrogens is 278 g/mol. The predicted octanol–water partition coefficient (Wildman–Crippen LogP) is 3.15. The maximum absolute atomic E-state index is 11.4. The van der Waals surface area contributed by atoms with E-state index in [1.54, 1.807) is 39.0 Å². The Morgan fingerprint density at radius 2 is 2.10 bits per heavy atom. The van der Waals surface area contributed by atoms with Gasteiger partial charge in [0.15, 0.2) is 0 Å². The first-order chi connectivity index (χ1) is 9.31. The van der Waals surface area contributed by atoms with Crippen LogP contribution in [0.3, 0.4) is 0 Å². The van der Waals surface area contributed by atoms with E-state index in [1.165, 1.54) is 0 Å². The van der Waals surface area contributed by atoms with Crippen molar-refractivity contribution >= 4 is 23.4 Å². The predicted molar refractivity (Wildman–Crippen MR) is 78.9 cm³/mol. The Kier molecular flexibility index (Phi) is 5.66. The quantitative estimate of drug-likeness (QED) is 0.837. The van der Waals surface area contributed by atoms with Crippen LogP contribution in [0.4, 0.5) is 10.5 Å². The number of nitrogens with zero attached hydrogens (tertiary/aromatic N) is 1. The SMILES string of the molecule is CC(C)(C)OC(=O)NCCNc1cc(Cl)ccc1C#N. The third kappa shape index (κ3) is 5.81. The number of carbonyl (C=O) groups excluding carboxylic acids is 1. The Labute approximate surface area is 123 Å². The van der Waals surface area contributed by atoms with Crippen LogP contribution in [-0.2, 0) is 4.74 Å². The minimum atomic E-state index is -0.515. The van der Waals surface area contributed by atoms with Gasteiger partial charge in [-0.15, -0.1) is 0 Å². The van der Waals surface area contributed by atoms with Crippen molar-refractivity contribution in [2.45, 2.75) is 26.4 Å². The van der Waals surface area contributed by atoms with E-state index in [0.29, 0.717) is 29.4 Å². The van der Waals surface area contributed by atoms with Crippen molar-refractivity contribution < 1.29 is 9.53 Å². The van der Waals surface area contributed by atoms with Crippen molar-refractivity contribution in [3.63, 3.8) is 0 Å². The molecule has 2 N–H and O–H groups in total. The van der Waals surface area contributed by atoms with Crippen LogP contribution in [0.25, 0.3) is 0 Å². The van der Waals surface area contributed by atoms with Crippen LogP contribution < -0.4 is 10.6 Å². The fraction of sp³-hybridized carbons (Fsp3) is 0.429. The molecule has 1 aromatic carbocycles. The van der Waals surface area contributed by atoms with Crippen molar-refractivity contribution in [3.8, 4) is 6.07 Å². The van der Waals surface area contributed by atoms with Crippen molar-refractivity contribution in [3.05, 3.63) is 28.8 Å². The molecule has 5 nitrogen and oxygen atoms in total. The number of ether oxygens (including phenoxy) is 1. The fourth-order valence-corrected chi connectivity index (χ4v) is 1.61. The number of amides is 1. The molecule has 0 spiro atoms. The van der Waals surface area contributed by atoms with E-state index in [4.69, 9.17) is 21.6 Å². The maximum atomic E-state index is 11.4. The lowest BCUT2D eigenvalue weighted by atomic mass is 10.2. The van der Waals surface area contributed by atoms with Crippen molar-refractivity contribution in [2.24, 2.45) is 0 Å². The molecule has 0 atom stereocenters. The van der Waals surface area contributed by atoms with E-state index >= 15 is 0 Å². The number of rotatable bonds is 4. The van der Waals surface area contributed by atoms with E-state index in [-0.39, 0.29) is 0 Å². The van der Waals surface area contributed by atoms with Crippen LogP contribution in [0.5, 0.6) is 0 Å². The molecule has 0 saturated carbocycles. The Balaban J connectivity index is 2.40. The first-order valence-corrected chi connectivity index (χ1v) is 6.60. The van der Waals surface area contributed by atoms with Gasteiger partial charge in [0.25, 0.3) is 0 Å². The third-order valence-corrected chi connectivity index (χ3v) is 2.45. The highest BCUT2D eigenvalue weighted by atomic mass is 35.5. The van der Waals surface area contributed by atoms with E-state index in [0.717, 1.165) is 0 Å². The molecule has 0 aliphatic heterocycles. The molecule has 1 aromatic rings. The molecule has 0 radical (unpaired) electrons. The minimum absolute atomic E-state index is 0.381. The third-order valence-electron chi connectivity index (χ3n) is 2.21. The van der Waals surface area contributed by atoms with Gasteiger partial charge in [-0.2, -0.15) is 5.26 Å². The van der Waals surface area contributed by atoms with Crippen LogP contribution >= 0.6 is 11.6 Å². The second-order valence-corrected chi connectivity index (χ2v) is 5.59. The Bertz CT molecular complexity index is 518. The van der Waals surface area contributed by atoms with Gasteiger partial charge in [0.1, 0.15) is 11.7 Å². The number of hydrogen-bond donors (Lipinski definition) is 2. The highest BCUT2D eigenvalue weighted by Crippen LogP contribution is 2.19. The Morgan fingerprint density at radius 3 is 2.70 bits per heavy atom. The highest BCUT2D eigenvalue weighted by molar-refractivity contribution is 6.30. The molecule has 1 amide bonds. The van der Waals surface area contributed by atoms with Gasteiger partial charge in [-0.05, 0) is 39.0 Å². The van der Waals surface area contributed by atoms with Crippen molar-refractivity contribution in [2.75, 3.05) is 18.4 Å². The molecule has 0 heterocycles. The second kappa shape index (κ2) is 7.01. The van der Waals surface area contributed by atoms with Gasteiger partial charge >= 0.3 is 6.09 Å². The molecule has 108 valence electrons. The smallest absolute Gasteiger partial charge is 0.407 e. The lowest BCUT2D eigenvalue weighted by Gasteiger charge is -2.19. The molecule has 0 unspecified atom stereocenters. The average molecular weight is 296 g/mol. The first-order valence-electron chi connectivity index (χ1n) is 6.22. The average Bonchev–Trinajstić information content (AvgIpc) is 2.33. The van der Waals surface area contributed by atoms with Gasteiger partial charge < -0.3 is 15.4 Å². The Hall–Kier alpha value is -1.93. The molecular formula is C14H18ClN3O2. The van der Waals surface area contributed by atoms with Gasteiger partial charge in [0, 0.05) is 18.1 Å². The van der Waals surface area contributed by atoms with Crippen LogP contribution in [0.2, 0.25) is 5.02 Å². The summed E-state index contributed by atoms with van der Waals surface area (Å²) in [6, 6.07) is 7.05. The highest BCUT2D eigenvalue weighted by Gasteiger charge is 2.15. The van der Waals surface area contributed by atoms with E-state index < -0.39 is 11.7 Å². The van der Waals surface area contributed by atoms with Crippen LogP contribution in [0, 0.1) is 11.3 Å². The van der Waals surface area contributed by atoms with E-state index in [1.807, 2.05) is 0 Å². The van der Waals surface area contributed by atoms with Crippen LogP contribution in [0.1, 0.15) is 26.3 Å². The standard InChI is InChI=1S/C14H18ClN3O2/c1-14(2,3)20-13(19)18-7-6-17-12-8-11(15)5-4-10(12)9-16/h4-5,8,17H,6-7H2,1-3H3,(H,18,19). The molecule has 1 rings (SSSR count). The number of nitrogens with one attached hydrogen (secondary N) is 2. The molecule has 0 aromatic heterocycles. The summed E-state index contributed by atoms with van der Waals surface area (Å²) in [5, 5.41) is 15.2. The lowest BCUT2D eigenvalue weighted by Crippen LogP contribution is -2.35. The number of hydrogen-bond acceptors (Lipinski definition) is 4.